The van der Waals surface area contributed by atoms with Crippen molar-refractivity contribution in [1.82, 2.24) is 9.97 Å². The summed E-state index contributed by atoms with van der Waals surface area (Å²) in [5, 5.41) is 0. The van der Waals surface area contributed by atoms with Crippen LogP contribution in [0.4, 0.5) is 4.39 Å². The minimum absolute atomic E-state index is 0.409. The summed E-state index contributed by atoms with van der Waals surface area (Å²) < 4.78 is 20.0. The molecule has 0 fully saturated rings. The van der Waals surface area contributed by atoms with Crippen molar-refractivity contribution in [3.05, 3.63) is 42.2 Å². The van der Waals surface area contributed by atoms with E-state index in [4.69, 9.17) is 4.74 Å². The number of hydrogen-bond acceptors (Lipinski definition) is 3. The first-order chi connectivity index (χ1) is 16.6. The molecule has 0 bridgehead atoms. The van der Waals surface area contributed by atoms with Gasteiger partial charge in [0.15, 0.2) is 5.82 Å². The predicted molar refractivity (Wildman–Crippen MR) is 142 cm³/mol. The lowest BCUT2D eigenvalue weighted by atomic mass is 9.96. The summed E-state index contributed by atoms with van der Waals surface area (Å²) in [6.07, 6.45) is 19.3. The Morgan fingerprint density at radius 1 is 0.794 bits per heavy atom. The number of alkyl halides is 1. The molecule has 1 aromatic carbocycles. The van der Waals surface area contributed by atoms with E-state index < -0.39 is 6.17 Å². The molecule has 0 aliphatic rings. The number of rotatable bonds is 19. The molecule has 2 aromatic rings. The molecule has 0 aliphatic heterocycles. The fraction of sp³-hybridized carbons (Fsp3) is 0.667. The number of ether oxygens (including phenoxy) is 1. The smallest absolute Gasteiger partial charge is 0.159 e. The summed E-state index contributed by atoms with van der Waals surface area (Å²) in [5.41, 5.74) is 2.18. The lowest BCUT2D eigenvalue weighted by Crippen LogP contribution is -2.11. The highest BCUT2D eigenvalue weighted by Gasteiger charge is 2.12. The number of nitrogens with zero attached hydrogens (tertiary/aromatic N) is 2. The van der Waals surface area contributed by atoms with E-state index in [0.29, 0.717) is 25.4 Å². The Morgan fingerprint density at radius 2 is 1.41 bits per heavy atom. The zero-order chi connectivity index (χ0) is 24.4. The molecule has 4 heteroatoms. The van der Waals surface area contributed by atoms with Crippen LogP contribution in [0.15, 0.2) is 36.7 Å². The van der Waals surface area contributed by atoms with Crippen molar-refractivity contribution in [2.75, 3.05) is 6.61 Å². The Bertz CT molecular complexity index is 747. The van der Waals surface area contributed by atoms with Gasteiger partial charge in [0.1, 0.15) is 11.9 Å². The second-order valence-electron chi connectivity index (χ2n) is 9.88. The lowest BCUT2D eigenvalue weighted by Gasteiger charge is -2.15. The molecule has 0 saturated heterocycles. The third kappa shape index (κ3) is 11.9. The first-order valence-corrected chi connectivity index (χ1v) is 13.8. The van der Waals surface area contributed by atoms with E-state index in [1.807, 2.05) is 36.7 Å². The normalized spacial score (nSPS) is 13.1. The van der Waals surface area contributed by atoms with Gasteiger partial charge in [0.05, 0.1) is 6.61 Å². The minimum Gasteiger partial charge on any atom is -0.493 e. The first-order valence-electron chi connectivity index (χ1n) is 13.8. The zero-order valence-electron chi connectivity index (χ0n) is 21.9. The van der Waals surface area contributed by atoms with Gasteiger partial charge in [-0.1, -0.05) is 85.0 Å². The van der Waals surface area contributed by atoms with Crippen LogP contribution in [0.5, 0.6) is 5.75 Å². The third-order valence-corrected chi connectivity index (χ3v) is 6.55. The maximum atomic E-state index is 14.2. The SMILES string of the molecule is CCCCCCCCCc1cnc(-c2ccc(OCCC(F)CC(C)CCCCC)cc2)nc1. The van der Waals surface area contributed by atoms with Gasteiger partial charge in [-0.15, -0.1) is 0 Å². The maximum absolute atomic E-state index is 14.2. The molecule has 0 amide bonds. The molecule has 2 unspecified atom stereocenters. The molecule has 3 nitrogen and oxygen atoms in total. The summed E-state index contributed by atoms with van der Waals surface area (Å²) in [7, 11) is 0. The summed E-state index contributed by atoms with van der Waals surface area (Å²) in [6.45, 7) is 7.03. The highest BCUT2D eigenvalue weighted by Crippen LogP contribution is 2.22. The molecule has 0 N–H and O–H groups in total. The van der Waals surface area contributed by atoms with E-state index in [9.17, 15) is 4.39 Å². The van der Waals surface area contributed by atoms with Gasteiger partial charge >= 0.3 is 0 Å². The molecule has 2 atom stereocenters. The van der Waals surface area contributed by atoms with Crippen molar-refractivity contribution < 1.29 is 9.13 Å². The van der Waals surface area contributed by atoms with Crippen molar-refractivity contribution in [1.29, 1.82) is 0 Å². The second kappa shape index (κ2) is 17.5. The Kier molecular flexibility index (Phi) is 14.5. The van der Waals surface area contributed by atoms with E-state index in [1.54, 1.807) is 0 Å². The topological polar surface area (TPSA) is 35.0 Å². The van der Waals surface area contributed by atoms with Gasteiger partial charge < -0.3 is 4.74 Å². The van der Waals surface area contributed by atoms with Crippen LogP contribution in [-0.2, 0) is 6.42 Å². The predicted octanol–water partition coefficient (Wildman–Crippen LogP) is 9.15. The van der Waals surface area contributed by atoms with Gasteiger partial charge in [-0.05, 0) is 55.0 Å². The fourth-order valence-corrected chi connectivity index (χ4v) is 4.34. The summed E-state index contributed by atoms with van der Waals surface area (Å²) >= 11 is 0. The Hall–Kier alpha value is -1.97. The van der Waals surface area contributed by atoms with E-state index in [1.165, 1.54) is 69.8 Å². The van der Waals surface area contributed by atoms with Crippen LogP contribution in [0.25, 0.3) is 11.4 Å². The van der Waals surface area contributed by atoms with Crippen LogP contribution < -0.4 is 4.74 Å². The highest BCUT2D eigenvalue weighted by atomic mass is 19.1. The Balaban J connectivity index is 1.66. The molecule has 0 spiro atoms. The molecule has 1 heterocycles. The average molecular weight is 471 g/mol. The standard InChI is InChI=1S/C30H47FN2O/c1-4-6-8-9-10-11-13-15-26-23-32-30(33-24-26)27-16-18-29(19-17-27)34-21-20-28(31)22-25(3)14-12-7-5-2/h16-19,23-25,28H,4-15,20-22H2,1-3H3. The van der Waals surface area contributed by atoms with Gasteiger partial charge in [0.2, 0.25) is 0 Å². The first kappa shape index (κ1) is 28.3. The third-order valence-electron chi connectivity index (χ3n) is 6.55. The molecule has 2 rings (SSSR count). The van der Waals surface area contributed by atoms with Crippen LogP contribution in [0.3, 0.4) is 0 Å². The molecule has 0 aliphatic carbocycles. The van der Waals surface area contributed by atoms with E-state index >= 15 is 0 Å². The van der Waals surface area contributed by atoms with Crippen LogP contribution in [-0.4, -0.2) is 22.7 Å². The molecule has 0 radical (unpaired) electrons. The highest BCUT2D eigenvalue weighted by molar-refractivity contribution is 5.55. The molecular formula is C30H47FN2O. The van der Waals surface area contributed by atoms with Crippen molar-refractivity contribution in [2.24, 2.45) is 5.92 Å². The molecular weight excluding hydrogens is 423 g/mol. The number of hydrogen-bond donors (Lipinski definition) is 0. The summed E-state index contributed by atoms with van der Waals surface area (Å²) in [6, 6.07) is 7.80. The van der Waals surface area contributed by atoms with Crippen LogP contribution in [0, 0.1) is 5.92 Å². The van der Waals surface area contributed by atoms with Gasteiger partial charge in [-0.2, -0.15) is 0 Å². The maximum Gasteiger partial charge on any atom is 0.159 e. The van der Waals surface area contributed by atoms with Gasteiger partial charge in [0.25, 0.3) is 0 Å². The number of halogens is 1. The fourth-order valence-electron chi connectivity index (χ4n) is 4.34. The van der Waals surface area contributed by atoms with Gasteiger partial charge in [0, 0.05) is 24.4 Å². The number of aryl methyl sites for hydroxylation is 1. The van der Waals surface area contributed by atoms with E-state index in [-0.39, 0.29) is 0 Å². The minimum atomic E-state index is -0.788. The number of aromatic nitrogens is 2. The molecule has 190 valence electrons. The van der Waals surface area contributed by atoms with Crippen molar-refractivity contribution in [2.45, 2.75) is 117 Å². The molecule has 0 saturated carbocycles. The zero-order valence-corrected chi connectivity index (χ0v) is 21.9. The van der Waals surface area contributed by atoms with Crippen molar-refractivity contribution in [3.8, 4) is 17.1 Å². The number of unbranched alkanes of at least 4 members (excludes halogenated alkanes) is 8. The summed E-state index contributed by atoms with van der Waals surface area (Å²) in [4.78, 5) is 9.11. The van der Waals surface area contributed by atoms with Gasteiger partial charge in [-0.25, -0.2) is 14.4 Å². The van der Waals surface area contributed by atoms with Crippen molar-refractivity contribution in [3.63, 3.8) is 0 Å². The van der Waals surface area contributed by atoms with Crippen LogP contribution >= 0.6 is 0 Å². The number of benzene rings is 1. The van der Waals surface area contributed by atoms with Gasteiger partial charge in [-0.3, -0.25) is 0 Å². The average Bonchev–Trinajstić information content (AvgIpc) is 2.84. The second-order valence-corrected chi connectivity index (χ2v) is 9.88. The van der Waals surface area contributed by atoms with E-state index in [0.717, 1.165) is 30.0 Å². The lowest BCUT2D eigenvalue weighted by molar-refractivity contribution is 0.205. The Labute approximate surface area is 208 Å². The monoisotopic (exact) mass is 470 g/mol. The van der Waals surface area contributed by atoms with Crippen molar-refractivity contribution >= 4 is 0 Å². The largest absolute Gasteiger partial charge is 0.493 e. The molecule has 34 heavy (non-hydrogen) atoms. The summed E-state index contributed by atoms with van der Waals surface area (Å²) in [5.74, 6) is 1.95. The Morgan fingerprint density at radius 3 is 2.09 bits per heavy atom. The van der Waals surface area contributed by atoms with Crippen LogP contribution in [0.1, 0.15) is 110 Å². The quantitative estimate of drug-likeness (QED) is 0.192. The van der Waals surface area contributed by atoms with Crippen LogP contribution in [0.2, 0.25) is 0 Å². The van der Waals surface area contributed by atoms with E-state index in [2.05, 4.69) is 30.7 Å². The molecule has 1 aromatic heterocycles.